The van der Waals surface area contributed by atoms with Gasteiger partial charge in [-0.15, -0.1) is 16.4 Å². The summed E-state index contributed by atoms with van der Waals surface area (Å²) in [6.45, 7) is 1.89. The van der Waals surface area contributed by atoms with Crippen LogP contribution >= 0.6 is 11.3 Å². The SMILES string of the molecule is CCC(=O)N[C@H]1CC[C@@H](n2nncc2-c2ccc(-c3ccc4ncsc4c3)cc2)C1. The number of fused-ring (bicyclic) bond motifs is 1. The maximum absolute atomic E-state index is 11.7. The molecule has 0 aliphatic heterocycles. The third-order valence-electron chi connectivity index (χ3n) is 5.86. The van der Waals surface area contributed by atoms with Gasteiger partial charge in [0, 0.05) is 18.0 Å². The topological polar surface area (TPSA) is 72.7 Å². The van der Waals surface area contributed by atoms with Gasteiger partial charge in [-0.3, -0.25) is 4.79 Å². The number of amides is 1. The first kappa shape index (κ1) is 18.9. The number of thiazole rings is 1. The molecule has 7 heteroatoms. The smallest absolute Gasteiger partial charge is 0.219 e. The predicted octanol–water partition coefficient (Wildman–Crippen LogP) is 4.84. The molecule has 5 rings (SSSR count). The fourth-order valence-electron chi connectivity index (χ4n) is 4.23. The Labute approximate surface area is 179 Å². The van der Waals surface area contributed by atoms with E-state index in [0.29, 0.717) is 6.42 Å². The van der Waals surface area contributed by atoms with Crippen LogP contribution in [0.15, 0.2) is 54.2 Å². The molecule has 2 aromatic heterocycles. The van der Waals surface area contributed by atoms with E-state index in [4.69, 9.17) is 0 Å². The maximum atomic E-state index is 11.7. The van der Waals surface area contributed by atoms with Gasteiger partial charge in [0.1, 0.15) is 0 Å². The molecule has 30 heavy (non-hydrogen) atoms. The molecule has 4 aromatic rings. The van der Waals surface area contributed by atoms with E-state index in [0.717, 1.165) is 36.0 Å². The van der Waals surface area contributed by atoms with Crippen LogP contribution in [0.4, 0.5) is 0 Å². The molecule has 0 bridgehead atoms. The molecule has 2 atom stereocenters. The van der Waals surface area contributed by atoms with Crippen molar-refractivity contribution in [2.45, 2.75) is 44.7 Å². The van der Waals surface area contributed by atoms with Crippen LogP contribution in [-0.4, -0.2) is 31.9 Å². The van der Waals surface area contributed by atoms with Gasteiger partial charge >= 0.3 is 0 Å². The predicted molar refractivity (Wildman–Crippen MR) is 119 cm³/mol. The van der Waals surface area contributed by atoms with Crippen LogP contribution in [0.3, 0.4) is 0 Å². The van der Waals surface area contributed by atoms with Gasteiger partial charge in [0.2, 0.25) is 5.91 Å². The maximum Gasteiger partial charge on any atom is 0.219 e. The summed E-state index contributed by atoms with van der Waals surface area (Å²) < 4.78 is 3.22. The lowest BCUT2D eigenvalue weighted by Gasteiger charge is -2.15. The highest BCUT2D eigenvalue weighted by atomic mass is 32.1. The second kappa shape index (κ2) is 7.99. The van der Waals surface area contributed by atoms with E-state index in [1.807, 2.05) is 23.3 Å². The monoisotopic (exact) mass is 417 g/mol. The Morgan fingerprint density at radius 3 is 2.77 bits per heavy atom. The number of hydrogen-bond acceptors (Lipinski definition) is 5. The van der Waals surface area contributed by atoms with Crippen LogP contribution in [0.1, 0.15) is 38.6 Å². The molecule has 1 aliphatic rings. The van der Waals surface area contributed by atoms with Crippen molar-refractivity contribution in [1.82, 2.24) is 25.3 Å². The average Bonchev–Trinajstić information content (AvgIpc) is 3.53. The molecule has 0 saturated heterocycles. The minimum atomic E-state index is 0.117. The summed E-state index contributed by atoms with van der Waals surface area (Å²) in [5.74, 6) is 0.117. The number of carbonyl (C=O) groups excluding carboxylic acids is 1. The number of hydrogen-bond donors (Lipinski definition) is 1. The van der Waals surface area contributed by atoms with Gasteiger partial charge in [-0.1, -0.05) is 42.5 Å². The van der Waals surface area contributed by atoms with E-state index in [9.17, 15) is 4.79 Å². The van der Waals surface area contributed by atoms with E-state index >= 15 is 0 Å². The Morgan fingerprint density at radius 2 is 1.93 bits per heavy atom. The summed E-state index contributed by atoms with van der Waals surface area (Å²) in [5, 5.41) is 11.7. The van der Waals surface area contributed by atoms with E-state index < -0.39 is 0 Å². The van der Waals surface area contributed by atoms with Crippen molar-refractivity contribution in [3.8, 4) is 22.4 Å². The molecule has 1 amide bonds. The molecule has 0 spiro atoms. The molecule has 6 nitrogen and oxygen atoms in total. The van der Waals surface area contributed by atoms with Crippen LogP contribution in [0.2, 0.25) is 0 Å². The highest BCUT2D eigenvalue weighted by molar-refractivity contribution is 7.16. The second-order valence-corrected chi connectivity index (χ2v) is 8.65. The van der Waals surface area contributed by atoms with Gasteiger partial charge < -0.3 is 5.32 Å². The number of rotatable bonds is 5. The van der Waals surface area contributed by atoms with Crippen molar-refractivity contribution >= 4 is 27.5 Å². The lowest BCUT2D eigenvalue weighted by atomic mass is 10.0. The molecule has 0 radical (unpaired) electrons. The third kappa shape index (κ3) is 3.61. The Morgan fingerprint density at radius 1 is 1.13 bits per heavy atom. The molecule has 2 heterocycles. The largest absolute Gasteiger partial charge is 0.353 e. The van der Waals surface area contributed by atoms with Gasteiger partial charge in [0.25, 0.3) is 0 Å². The first-order valence-electron chi connectivity index (χ1n) is 10.3. The molecule has 0 unspecified atom stereocenters. The minimum absolute atomic E-state index is 0.117. The summed E-state index contributed by atoms with van der Waals surface area (Å²) in [4.78, 5) is 16.1. The molecular formula is C23H23N5OS. The zero-order valence-corrected chi connectivity index (χ0v) is 17.6. The van der Waals surface area contributed by atoms with Gasteiger partial charge in [-0.25, -0.2) is 9.67 Å². The molecule has 1 fully saturated rings. The molecule has 1 saturated carbocycles. The second-order valence-electron chi connectivity index (χ2n) is 7.76. The number of carbonyl (C=O) groups is 1. The molecule has 2 aromatic carbocycles. The highest BCUT2D eigenvalue weighted by Gasteiger charge is 2.29. The summed E-state index contributed by atoms with van der Waals surface area (Å²) >= 11 is 1.66. The van der Waals surface area contributed by atoms with Gasteiger partial charge in [-0.05, 0) is 42.5 Å². The zero-order valence-electron chi connectivity index (χ0n) is 16.8. The van der Waals surface area contributed by atoms with Gasteiger partial charge in [-0.2, -0.15) is 0 Å². The Bertz CT molecular complexity index is 1180. The van der Waals surface area contributed by atoms with Gasteiger partial charge in [0.15, 0.2) is 0 Å². The first-order chi connectivity index (χ1) is 14.7. The van der Waals surface area contributed by atoms with Crippen molar-refractivity contribution in [2.75, 3.05) is 0 Å². The Hall–Kier alpha value is -3.06. The molecule has 1 N–H and O–H groups in total. The van der Waals surface area contributed by atoms with Gasteiger partial charge in [0.05, 0.1) is 33.7 Å². The van der Waals surface area contributed by atoms with Crippen molar-refractivity contribution in [2.24, 2.45) is 0 Å². The van der Waals surface area contributed by atoms with Crippen molar-refractivity contribution in [3.63, 3.8) is 0 Å². The number of benzene rings is 2. The number of nitrogens with one attached hydrogen (secondary N) is 1. The molecule has 152 valence electrons. The molecular weight excluding hydrogens is 394 g/mol. The lowest BCUT2D eigenvalue weighted by molar-refractivity contribution is -0.121. The van der Waals surface area contributed by atoms with Crippen LogP contribution in [-0.2, 0) is 4.79 Å². The number of aromatic nitrogens is 4. The fraction of sp³-hybridized carbons (Fsp3) is 0.304. The van der Waals surface area contributed by atoms with Crippen LogP contribution in [0.5, 0.6) is 0 Å². The Kier molecular flexibility index (Phi) is 5.04. The summed E-state index contributed by atoms with van der Waals surface area (Å²) in [7, 11) is 0. The standard InChI is InChI=1S/C23H23N5OS/c1-2-23(29)26-18-8-9-19(12-18)28-21(13-25-27-28)16-5-3-15(4-6-16)17-7-10-20-22(11-17)30-14-24-20/h3-7,10-11,13-14,18-19H,2,8-9,12H2,1H3,(H,26,29)/t18-,19+/m0/s1. The minimum Gasteiger partial charge on any atom is -0.353 e. The van der Waals surface area contributed by atoms with Crippen molar-refractivity contribution in [1.29, 1.82) is 0 Å². The highest BCUT2D eigenvalue weighted by Crippen LogP contribution is 2.34. The van der Waals surface area contributed by atoms with Crippen LogP contribution in [0, 0.1) is 0 Å². The normalized spacial score (nSPS) is 18.7. The average molecular weight is 418 g/mol. The first-order valence-corrected chi connectivity index (χ1v) is 11.2. The lowest BCUT2D eigenvalue weighted by Crippen LogP contribution is -2.32. The van der Waals surface area contributed by atoms with Crippen molar-refractivity contribution < 1.29 is 4.79 Å². The van der Waals surface area contributed by atoms with Crippen LogP contribution in [0.25, 0.3) is 32.6 Å². The number of nitrogens with zero attached hydrogens (tertiary/aromatic N) is 4. The van der Waals surface area contributed by atoms with Crippen LogP contribution < -0.4 is 5.32 Å². The summed E-state index contributed by atoms with van der Waals surface area (Å²) in [6, 6.07) is 15.4. The van der Waals surface area contributed by atoms with E-state index in [2.05, 4.69) is 63.1 Å². The quantitative estimate of drug-likeness (QED) is 0.504. The summed E-state index contributed by atoms with van der Waals surface area (Å²) in [6.07, 6.45) is 5.23. The van der Waals surface area contributed by atoms with E-state index in [-0.39, 0.29) is 18.0 Å². The fourth-order valence-corrected chi connectivity index (χ4v) is 4.95. The summed E-state index contributed by atoms with van der Waals surface area (Å²) in [5.41, 5.74) is 7.41. The third-order valence-corrected chi connectivity index (χ3v) is 6.65. The Balaban J connectivity index is 1.36. The zero-order chi connectivity index (χ0) is 20.5. The van der Waals surface area contributed by atoms with E-state index in [1.165, 1.54) is 15.8 Å². The molecule has 1 aliphatic carbocycles. The van der Waals surface area contributed by atoms with E-state index in [1.54, 1.807) is 11.3 Å². The van der Waals surface area contributed by atoms with Crippen molar-refractivity contribution in [3.05, 3.63) is 54.2 Å².